The van der Waals surface area contributed by atoms with Crippen LogP contribution < -0.4 is 15.5 Å². The minimum Gasteiger partial charge on any atom is -0.396 e. The van der Waals surface area contributed by atoms with Gasteiger partial charge in [0.05, 0.1) is 5.02 Å². The van der Waals surface area contributed by atoms with Crippen molar-refractivity contribution < 1.29 is 5.11 Å². The fourth-order valence-corrected chi connectivity index (χ4v) is 3.83. The van der Waals surface area contributed by atoms with E-state index in [1.165, 1.54) is 0 Å². The van der Waals surface area contributed by atoms with E-state index >= 15 is 0 Å². The first-order valence-electron chi connectivity index (χ1n) is 10.1. The van der Waals surface area contributed by atoms with E-state index in [1.54, 1.807) is 6.20 Å². The number of nitrogens with zero attached hydrogens (tertiary/aromatic N) is 3. The Hall–Kier alpha value is -0.800. The molecule has 1 aliphatic heterocycles. The highest BCUT2D eigenvalue weighted by atomic mass is 127. The standard InChI is InChI=1S/C20H34ClN5O.HI/c1-4-20(5-2,10-13-27)15-24-19(22-6-3)25-16-9-12-26(14-16)18-17(21)8-7-11-23-18;/h7-8,11,16,27H,4-6,9-10,12-15H2,1-3H3,(H2,22,24,25);1H. The number of halogens is 2. The van der Waals surface area contributed by atoms with Crippen molar-refractivity contribution in [1.29, 1.82) is 0 Å². The number of nitrogens with one attached hydrogen (secondary N) is 2. The van der Waals surface area contributed by atoms with Crippen molar-refractivity contribution in [2.24, 2.45) is 10.4 Å². The van der Waals surface area contributed by atoms with E-state index in [1.807, 2.05) is 12.1 Å². The number of aromatic nitrogens is 1. The summed E-state index contributed by atoms with van der Waals surface area (Å²) >= 11 is 6.29. The number of anilines is 1. The highest BCUT2D eigenvalue weighted by Crippen LogP contribution is 2.30. The van der Waals surface area contributed by atoms with Crippen LogP contribution in [0.15, 0.2) is 23.3 Å². The van der Waals surface area contributed by atoms with Gasteiger partial charge in [-0.3, -0.25) is 4.99 Å². The summed E-state index contributed by atoms with van der Waals surface area (Å²) in [6, 6.07) is 4.04. The second-order valence-electron chi connectivity index (χ2n) is 7.26. The molecule has 3 N–H and O–H groups in total. The molecule has 8 heteroatoms. The molecule has 0 bridgehead atoms. The summed E-state index contributed by atoms with van der Waals surface area (Å²) in [5, 5.41) is 17.0. The molecule has 2 rings (SSSR count). The van der Waals surface area contributed by atoms with Crippen LogP contribution in [0.5, 0.6) is 0 Å². The van der Waals surface area contributed by atoms with Gasteiger partial charge in [0.15, 0.2) is 5.96 Å². The Labute approximate surface area is 191 Å². The molecule has 1 aromatic heterocycles. The summed E-state index contributed by atoms with van der Waals surface area (Å²) in [6.07, 6.45) is 5.62. The summed E-state index contributed by atoms with van der Waals surface area (Å²) in [6.45, 7) is 9.96. The topological polar surface area (TPSA) is 72.8 Å². The zero-order chi connectivity index (χ0) is 19.7. The molecule has 1 aromatic rings. The minimum atomic E-state index is 0. The van der Waals surface area contributed by atoms with Crippen molar-refractivity contribution in [2.75, 3.05) is 37.7 Å². The second kappa shape index (κ2) is 12.7. The van der Waals surface area contributed by atoms with Crippen LogP contribution in [0, 0.1) is 5.41 Å². The van der Waals surface area contributed by atoms with Crippen molar-refractivity contribution in [3.05, 3.63) is 23.4 Å². The van der Waals surface area contributed by atoms with E-state index in [0.29, 0.717) is 11.1 Å². The summed E-state index contributed by atoms with van der Waals surface area (Å²) < 4.78 is 0. The van der Waals surface area contributed by atoms with E-state index in [2.05, 4.69) is 41.3 Å². The molecule has 0 saturated carbocycles. The lowest BCUT2D eigenvalue weighted by Gasteiger charge is -2.30. The van der Waals surface area contributed by atoms with E-state index in [4.69, 9.17) is 16.6 Å². The average molecular weight is 524 g/mol. The smallest absolute Gasteiger partial charge is 0.191 e. The van der Waals surface area contributed by atoms with E-state index in [0.717, 1.165) is 63.6 Å². The van der Waals surface area contributed by atoms with Crippen LogP contribution in [0.1, 0.15) is 46.5 Å². The van der Waals surface area contributed by atoms with Gasteiger partial charge in [0.2, 0.25) is 0 Å². The number of aliphatic hydroxyl groups excluding tert-OH is 1. The number of guanidine groups is 1. The van der Waals surface area contributed by atoms with Crippen LogP contribution >= 0.6 is 35.6 Å². The Morgan fingerprint density at radius 3 is 2.75 bits per heavy atom. The van der Waals surface area contributed by atoms with Crippen molar-refractivity contribution in [2.45, 2.75) is 52.5 Å². The maximum Gasteiger partial charge on any atom is 0.191 e. The summed E-state index contributed by atoms with van der Waals surface area (Å²) in [4.78, 5) is 11.5. The number of aliphatic imine (C=N–C) groups is 1. The van der Waals surface area contributed by atoms with Crippen molar-refractivity contribution in [1.82, 2.24) is 15.6 Å². The normalized spacial score (nSPS) is 17.4. The molecule has 0 amide bonds. The second-order valence-corrected chi connectivity index (χ2v) is 7.67. The van der Waals surface area contributed by atoms with Crippen molar-refractivity contribution in [3.63, 3.8) is 0 Å². The van der Waals surface area contributed by atoms with Crippen LogP contribution in [0.4, 0.5) is 5.82 Å². The van der Waals surface area contributed by atoms with Crippen molar-refractivity contribution in [3.8, 4) is 0 Å². The molecule has 160 valence electrons. The van der Waals surface area contributed by atoms with Gasteiger partial charge in [0.25, 0.3) is 0 Å². The molecule has 0 radical (unpaired) electrons. The quantitative estimate of drug-likeness (QED) is 0.262. The van der Waals surface area contributed by atoms with Gasteiger partial charge in [-0.1, -0.05) is 25.4 Å². The molecule has 28 heavy (non-hydrogen) atoms. The maximum absolute atomic E-state index is 9.42. The van der Waals surface area contributed by atoms with Crippen LogP contribution in [-0.2, 0) is 0 Å². The van der Waals surface area contributed by atoms with Crippen LogP contribution in [0.25, 0.3) is 0 Å². The van der Waals surface area contributed by atoms with Gasteiger partial charge in [-0.25, -0.2) is 4.98 Å². The third kappa shape index (κ3) is 6.91. The molecule has 6 nitrogen and oxygen atoms in total. The zero-order valence-corrected chi connectivity index (χ0v) is 20.3. The van der Waals surface area contributed by atoms with Crippen LogP contribution in [-0.4, -0.2) is 54.9 Å². The number of rotatable bonds is 9. The fourth-order valence-electron chi connectivity index (χ4n) is 3.58. The lowest BCUT2D eigenvalue weighted by atomic mass is 9.79. The third-order valence-corrected chi connectivity index (χ3v) is 5.92. The molecule has 1 fully saturated rings. The monoisotopic (exact) mass is 523 g/mol. The van der Waals surface area contributed by atoms with Gasteiger partial charge in [-0.15, -0.1) is 24.0 Å². The third-order valence-electron chi connectivity index (χ3n) is 5.63. The first-order chi connectivity index (χ1) is 13.1. The molecule has 1 aliphatic rings. The molecule has 1 atom stereocenters. The maximum atomic E-state index is 9.42. The van der Waals surface area contributed by atoms with Gasteiger partial charge in [-0.2, -0.15) is 0 Å². The first kappa shape index (κ1) is 25.2. The molecule has 2 heterocycles. The fraction of sp³-hybridized carbons (Fsp3) is 0.700. The number of aliphatic hydroxyl groups is 1. The predicted molar refractivity (Wildman–Crippen MR) is 129 cm³/mol. The lowest BCUT2D eigenvalue weighted by Crippen LogP contribution is -2.45. The molecular weight excluding hydrogens is 489 g/mol. The molecule has 0 aliphatic carbocycles. The Bertz CT molecular complexity index is 612. The Balaban J connectivity index is 0.00000392. The number of hydrogen-bond donors (Lipinski definition) is 3. The van der Waals surface area contributed by atoms with Gasteiger partial charge in [-0.05, 0) is 50.2 Å². The molecule has 0 aromatic carbocycles. The van der Waals surface area contributed by atoms with E-state index in [9.17, 15) is 5.11 Å². The summed E-state index contributed by atoms with van der Waals surface area (Å²) in [5.41, 5.74) is 0.0697. The number of hydrogen-bond acceptors (Lipinski definition) is 4. The summed E-state index contributed by atoms with van der Waals surface area (Å²) in [5.74, 6) is 1.70. The Kier molecular flexibility index (Phi) is 11.4. The zero-order valence-electron chi connectivity index (χ0n) is 17.2. The Morgan fingerprint density at radius 2 is 2.14 bits per heavy atom. The van der Waals surface area contributed by atoms with Crippen LogP contribution in [0.2, 0.25) is 5.02 Å². The predicted octanol–water partition coefficient (Wildman–Crippen LogP) is 3.68. The largest absolute Gasteiger partial charge is 0.396 e. The molecule has 1 unspecified atom stereocenters. The van der Waals surface area contributed by atoms with Gasteiger partial charge >= 0.3 is 0 Å². The summed E-state index contributed by atoms with van der Waals surface area (Å²) in [7, 11) is 0. The van der Waals surface area contributed by atoms with E-state index in [-0.39, 0.29) is 36.0 Å². The van der Waals surface area contributed by atoms with Crippen molar-refractivity contribution >= 4 is 47.4 Å². The van der Waals surface area contributed by atoms with Crippen LogP contribution in [0.3, 0.4) is 0 Å². The highest BCUT2D eigenvalue weighted by Gasteiger charge is 2.27. The lowest BCUT2D eigenvalue weighted by molar-refractivity contribution is 0.175. The first-order valence-corrected chi connectivity index (χ1v) is 10.5. The highest BCUT2D eigenvalue weighted by molar-refractivity contribution is 14.0. The van der Waals surface area contributed by atoms with Gasteiger partial charge in [0.1, 0.15) is 5.82 Å². The number of pyridine rings is 1. The average Bonchev–Trinajstić information content (AvgIpc) is 3.14. The van der Waals surface area contributed by atoms with E-state index < -0.39 is 0 Å². The molecule has 0 spiro atoms. The SMILES string of the molecule is CCNC(=NCC(CC)(CC)CCO)NC1CCN(c2ncccc2Cl)C1.I. The molecular formula is C20H35ClIN5O. The van der Waals surface area contributed by atoms with Gasteiger partial charge in [0, 0.05) is 45.0 Å². The Morgan fingerprint density at radius 1 is 1.39 bits per heavy atom. The molecule has 1 saturated heterocycles. The minimum absolute atomic E-state index is 0. The van der Waals surface area contributed by atoms with Gasteiger partial charge < -0.3 is 20.6 Å².